The molecule has 106 valence electrons. The number of benzene rings is 1. The zero-order valence-electron chi connectivity index (χ0n) is 11.3. The van der Waals surface area contributed by atoms with Crippen molar-refractivity contribution < 1.29 is 14.3 Å². The fourth-order valence-corrected chi connectivity index (χ4v) is 2.30. The molecule has 0 spiro atoms. The molecule has 1 rings (SSSR count). The third-order valence-corrected chi connectivity index (χ3v) is 3.35. The average molecular weight is 267 g/mol. The van der Waals surface area contributed by atoms with Gasteiger partial charge in [-0.05, 0) is 55.3 Å². The Hall–Kier alpha value is -1.42. The van der Waals surface area contributed by atoms with Gasteiger partial charge in [-0.25, -0.2) is 4.39 Å². The second-order valence-corrected chi connectivity index (χ2v) is 5.21. The molecule has 3 nitrogen and oxygen atoms in total. The fourth-order valence-electron chi connectivity index (χ4n) is 2.30. The van der Waals surface area contributed by atoms with Crippen LogP contribution in [0.1, 0.15) is 31.7 Å². The monoisotopic (exact) mass is 267 g/mol. The standard InChI is InChI=1S/C15H22FNO2/c1-11(7-13(10-17)9-15(18)19)5-6-12-3-2-4-14(16)8-12/h2-4,8,11,13H,5-7,9-10,17H2,1H3,(H,18,19). The van der Waals surface area contributed by atoms with E-state index in [2.05, 4.69) is 6.92 Å². The lowest BCUT2D eigenvalue weighted by molar-refractivity contribution is -0.138. The van der Waals surface area contributed by atoms with Gasteiger partial charge in [-0.15, -0.1) is 0 Å². The lowest BCUT2D eigenvalue weighted by atomic mass is 9.89. The summed E-state index contributed by atoms with van der Waals surface area (Å²) < 4.78 is 13.0. The molecule has 0 fully saturated rings. The minimum absolute atomic E-state index is 0.0278. The number of carboxylic acids is 1. The van der Waals surface area contributed by atoms with Gasteiger partial charge in [0.1, 0.15) is 5.82 Å². The molecular weight excluding hydrogens is 245 g/mol. The van der Waals surface area contributed by atoms with E-state index in [9.17, 15) is 9.18 Å². The summed E-state index contributed by atoms with van der Waals surface area (Å²) in [5.74, 6) is -0.597. The fraction of sp³-hybridized carbons (Fsp3) is 0.533. The average Bonchev–Trinajstić information content (AvgIpc) is 2.35. The van der Waals surface area contributed by atoms with E-state index in [0.717, 1.165) is 24.8 Å². The van der Waals surface area contributed by atoms with Crippen molar-refractivity contribution in [3.63, 3.8) is 0 Å². The summed E-state index contributed by atoms with van der Waals surface area (Å²) in [4.78, 5) is 10.7. The number of rotatable bonds is 8. The van der Waals surface area contributed by atoms with E-state index < -0.39 is 5.97 Å². The number of nitrogens with two attached hydrogens (primary N) is 1. The van der Waals surface area contributed by atoms with Crippen LogP contribution >= 0.6 is 0 Å². The number of aryl methyl sites for hydroxylation is 1. The maximum atomic E-state index is 13.0. The third-order valence-electron chi connectivity index (χ3n) is 3.35. The van der Waals surface area contributed by atoms with Crippen LogP contribution in [-0.2, 0) is 11.2 Å². The van der Waals surface area contributed by atoms with E-state index in [4.69, 9.17) is 10.8 Å². The topological polar surface area (TPSA) is 63.3 Å². The molecule has 1 aromatic rings. The highest BCUT2D eigenvalue weighted by atomic mass is 19.1. The highest BCUT2D eigenvalue weighted by Crippen LogP contribution is 2.20. The van der Waals surface area contributed by atoms with Crippen molar-refractivity contribution in [1.29, 1.82) is 0 Å². The zero-order chi connectivity index (χ0) is 14.3. The molecule has 0 bridgehead atoms. The maximum Gasteiger partial charge on any atom is 0.303 e. The summed E-state index contributed by atoms with van der Waals surface area (Å²) in [5.41, 5.74) is 6.56. The van der Waals surface area contributed by atoms with Crippen molar-refractivity contribution in [2.45, 2.75) is 32.6 Å². The Labute approximate surface area is 113 Å². The first-order valence-corrected chi connectivity index (χ1v) is 6.67. The van der Waals surface area contributed by atoms with Gasteiger partial charge in [-0.2, -0.15) is 0 Å². The van der Waals surface area contributed by atoms with Gasteiger partial charge in [0.2, 0.25) is 0 Å². The van der Waals surface area contributed by atoms with Crippen molar-refractivity contribution in [2.75, 3.05) is 6.54 Å². The van der Waals surface area contributed by atoms with Crippen molar-refractivity contribution in [3.8, 4) is 0 Å². The molecule has 3 N–H and O–H groups in total. The maximum absolute atomic E-state index is 13.0. The Morgan fingerprint density at radius 2 is 2.21 bits per heavy atom. The summed E-state index contributed by atoms with van der Waals surface area (Å²) >= 11 is 0. The number of carboxylic acid groups (broad SMARTS) is 1. The van der Waals surface area contributed by atoms with E-state index in [1.165, 1.54) is 6.07 Å². The highest BCUT2D eigenvalue weighted by Gasteiger charge is 2.15. The Bertz CT molecular complexity index is 409. The molecule has 0 heterocycles. The first kappa shape index (κ1) is 15.6. The van der Waals surface area contributed by atoms with Crippen LogP contribution in [0.5, 0.6) is 0 Å². The number of aliphatic carboxylic acids is 1. The first-order chi connectivity index (χ1) is 9.01. The van der Waals surface area contributed by atoms with Gasteiger partial charge in [0.25, 0.3) is 0 Å². The number of hydrogen-bond donors (Lipinski definition) is 2. The molecule has 0 saturated carbocycles. The third kappa shape index (κ3) is 6.34. The van der Waals surface area contributed by atoms with E-state index in [0.29, 0.717) is 12.5 Å². The van der Waals surface area contributed by atoms with E-state index in [1.54, 1.807) is 12.1 Å². The second-order valence-electron chi connectivity index (χ2n) is 5.21. The highest BCUT2D eigenvalue weighted by molar-refractivity contribution is 5.67. The lowest BCUT2D eigenvalue weighted by Crippen LogP contribution is -2.20. The number of hydrogen-bond acceptors (Lipinski definition) is 2. The van der Waals surface area contributed by atoms with Crippen LogP contribution in [0.4, 0.5) is 4.39 Å². The van der Waals surface area contributed by atoms with Gasteiger partial charge < -0.3 is 10.8 Å². The predicted molar refractivity (Wildman–Crippen MR) is 73.3 cm³/mol. The van der Waals surface area contributed by atoms with E-state index >= 15 is 0 Å². The van der Waals surface area contributed by atoms with Gasteiger partial charge in [0, 0.05) is 6.42 Å². The Balaban J connectivity index is 2.38. The zero-order valence-corrected chi connectivity index (χ0v) is 11.3. The minimum Gasteiger partial charge on any atom is -0.481 e. The Morgan fingerprint density at radius 1 is 1.47 bits per heavy atom. The van der Waals surface area contributed by atoms with Gasteiger partial charge in [-0.3, -0.25) is 4.79 Å². The van der Waals surface area contributed by atoms with Crippen LogP contribution in [0.15, 0.2) is 24.3 Å². The molecule has 0 saturated heterocycles. The van der Waals surface area contributed by atoms with E-state index in [1.807, 2.05) is 6.07 Å². The molecule has 1 aromatic carbocycles. The molecule has 4 heteroatoms. The summed E-state index contributed by atoms with van der Waals surface area (Å²) in [7, 11) is 0. The van der Waals surface area contributed by atoms with Crippen LogP contribution < -0.4 is 5.73 Å². The molecule has 0 aromatic heterocycles. The summed E-state index contributed by atoms with van der Waals surface area (Å²) in [6.07, 6.45) is 2.65. The molecule has 0 radical (unpaired) electrons. The molecule has 19 heavy (non-hydrogen) atoms. The van der Waals surface area contributed by atoms with Gasteiger partial charge in [-0.1, -0.05) is 19.1 Å². The largest absolute Gasteiger partial charge is 0.481 e. The van der Waals surface area contributed by atoms with Crippen LogP contribution in [0.2, 0.25) is 0 Å². The van der Waals surface area contributed by atoms with Gasteiger partial charge in [0.05, 0.1) is 0 Å². The van der Waals surface area contributed by atoms with Gasteiger partial charge >= 0.3 is 5.97 Å². The predicted octanol–water partition coefficient (Wildman–Crippen LogP) is 2.83. The molecule has 0 amide bonds. The van der Waals surface area contributed by atoms with Crippen molar-refractivity contribution in [2.24, 2.45) is 17.6 Å². The smallest absolute Gasteiger partial charge is 0.303 e. The number of halogens is 1. The van der Waals surface area contributed by atoms with Crippen molar-refractivity contribution in [1.82, 2.24) is 0 Å². The molecule has 2 unspecified atom stereocenters. The lowest BCUT2D eigenvalue weighted by Gasteiger charge is -2.18. The van der Waals surface area contributed by atoms with Crippen LogP contribution in [0.25, 0.3) is 0 Å². The van der Waals surface area contributed by atoms with Gasteiger partial charge in [0.15, 0.2) is 0 Å². The van der Waals surface area contributed by atoms with Crippen LogP contribution in [0.3, 0.4) is 0 Å². The summed E-state index contributed by atoms with van der Waals surface area (Å²) in [5, 5.41) is 8.77. The van der Waals surface area contributed by atoms with Crippen molar-refractivity contribution >= 4 is 5.97 Å². The first-order valence-electron chi connectivity index (χ1n) is 6.67. The number of carbonyl (C=O) groups is 1. The van der Waals surface area contributed by atoms with E-state index in [-0.39, 0.29) is 18.2 Å². The minimum atomic E-state index is -0.798. The van der Waals surface area contributed by atoms with Crippen LogP contribution in [0, 0.1) is 17.7 Å². The SMILES string of the molecule is CC(CCc1cccc(F)c1)CC(CN)CC(=O)O. The quantitative estimate of drug-likeness (QED) is 0.761. The summed E-state index contributed by atoms with van der Waals surface area (Å²) in [6.45, 7) is 2.49. The molecule has 0 aliphatic heterocycles. The Morgan fingerprint density at radius 3 is 2.79 bits per heavy atom. The summed E-state index contributed by atoms with van der Waals surface area (Å²) in [6, 6.07) is 6.60. The molecule has 0 aliphatic carbocycles. The van der Waals surface area contributed by atoms with Crippen LogP contribution in [-0.4, -0.2) is 17.6 Å². The van der Waals surface area contributed by atoms with Crippen molar-refractivity contribution in [3.05, 3.63) is 35.6 Å². The molecular formula is C15H22FNO2. The Kier molecular flexibility index (Phi) is 6.50. The molecule has 2 atom stereocenters. The molecule has 0 aliphatic rings. The second kappa shape index (κ2) is 7.89. The normalized spacial score (nSPS) is 14.1.